The van der Waals surface area contributed by atoms with Crippen LogP contribution < -0.4 is 10.6 Å². The molecule has 0 spiro atoms. The lowest BCUT2D eigenvalue weighted by molar-refractivity contribution is 0.221. The van der Waals surface area contributed by atoms with Crippen molar-refractivity contribution in [2.75, 3.05) is 26.2 Å². The molecule has 0 radical (unpaired) electrons. The molecule has 4 nitrogen and oxygen atoms in total. The predicted octanol–water partition coefficient (Wildman–Crippen LogP) is 4.57. The first kappa shape index (κ1) is 18.8. The number of likely N-dealkylation sites (tertiary alicyclic amines) is 1. The second-order valence-corrected chi connectivity index (χ2v) is 9.04. The maximum Gasteiger partial charge on any atom is 0.314 e. The van der Waals surface area contributed by atoms with Crippen LogP contribution in [0.3, 0.4) is 0 Å². The Morgan fingerprint density at radius 2 is 1.89 bits per heavy atom. The van der Waals surface area contributed by atoms with Crippen LogP contribution in [0.25, 0.3) is 0 Å². The molecule has 1 atom stereocenters. The molecule has 2 fully saturated rings. The Hall–Kier alpha value is -1.56. The van der Waals surface area contributed by atoms with E-state index in [2.05, 4.69) is 45.2 Å². The minimum Gasteiger partial charge on any atom is -0.337 e. The Labute approximate surface area is 169 Å². The number of hydrogen-bond acceptors (Lipinski definition) is 3. The van der Waals surface area contributed by atoms with Crippen molar-refractivity contribution in [1.82, 2.24) is 15.5 Å². The van der Waals surface area contributed by atoms with Crippen LogP contribution in [0.15, 0.2) is 41.8 Å². The normalized spacial score (nSPS) is 19.6. The molecule has 2 N–H and O–H groups in total. The fourth-order valence-electron chi connectivity index (χ4n) is 3.97. The van der Waals surface area contributed by atoms with E-state index in [1.165, 1.54) is 23.3 Å². The highest BCUT2D eigenvalue weighted by atomic mass is 35.5. The number of rotatable bonds is 7. The molecule has 1 saturated heterocycles. The van der Waals surface area contributed by atoms with Gasteiger partial charge >= 0.3 is 6.03 Å². The maximum absolute atomic E-state index is 12.4. The van der Waals surface area contributed by atoms with Crippen LogP contribution in [-0.4, -0.2) is 37.1 Å². The van der Waals surface area contributed by atoms with Crippen molar-refractivity contribution >= 4 is 29.0 Å². The molecule has 1 unspecified atom stereocenters. The zero-order chi connectivity index (χ0) is 18.7. The largest absolute Gasteiger partial charge is 0.337 e. The first-order chi connectivity index (χ1) is 13.2. The molecule has 1 aliphatic carbocycles. The molecule has 1 aromatic heterocycles. The molecule has 2 amide bonds. The van der Waals surface area contributed by atoms with Crippen LogP contribution in [0, 0.1) is 0 Å². The Morgan fingerprint density at radius 3 is 2.52 bits per heavy atom. The summed E-state index contributed by atoms with van der Waals surface area (Å²) in [6.07, 6.45) is 4.72. The highest BCUT2D eigenvalue weighted by Gasteiger charge is 2.44. The third-order valence-electron chi connectivity index (χ3n) is 5.81. The molecule has 6 heteroatoms. The second-order valence-electron chi connectivity index (χ2n) is 7.63. The third-order valence-corrected chi connectivity index (χ3v) is 7.03. The lowest BCUT2D eigenvalue weighted by atomic mass is 9.96. The molecular formula is C21H26ClN3OS. The average molecular weight is 404 g/mol. The summed E-state index contributed by atoms with van der Waals surface area (Å²) in [4.78, 5) is 16.3. The van der Waals surface area contributed by atoms with E-state index in [0.717, 1.165) is 31.0 Å². The lowest BCUT2D eigenvalue weighted by Crippen LogP contribution is -2.43. The summed E-state index contributed by atoms with van der Waals surface area (Å²) in [5, 5.41) is 9.06. The van der Waals surface area contributed by atoms with E-state index in [1.54, 1.807) is 11.3 Å². The Kier molecular flexibility index (Phi) is 5.71. The van der Waals surface area contributed by atoms with Crippen LogP contribution in [0.5, 0.6) is 0 Å². The van der Waals surface area contributed by atoms with Gasteiger partial charge in [0.15, 0.2) is 0 Å². The highest BCUT2D eigenvalue weighted by molar-refractivity contribution is 7.10. The SMILES string of the molecule is O=C(NCC(c1cccs1)N1CCCC1)NCC1(c2ccc(Cl)cc2)CC1. The van der Waals surface area contributed by atoms with E-state index in [1.807, 2.05) is 12.1 Å². The van der Waals surface area contributed by atoms with Crippen molar-refractivity contribution in [2.45, 2.75) is 37.1 Å². The number of carbonyl (C=O) groups is 1. The van der Waals surface area contributed by atoms with E-state index in [9.17, 15) is 4.79 Å². The van der Waals surface area contributed by atoms with Gasteiger partial charge in [-0.25, -0.2) is 4.79 Å². The van der Waals surface area contributed by atoms with Gasteiger partial charge in [0.25, 0.3) is 0 Å². The smallest absolute Gasteiger partial charge is 0.314 e. The van der Waals surface area contributed by atoms with Crippen LogP contribution in [0.1, 0.15) is 42.2 Å². The van der Waals surface area contributed by atoms with E-state index in [4.69, 9.17) is 11.6 Å². The zero-order valence-corrected chi connectivity index (χ0v) is 17.0. The van der Waals surface area contributed by atoms with Crippen molar-refractivity contribution in [3.8, 4) is 0 Å². The molecule has 2 aliphatic rings. The number of urea groups is 1. The Balaban J connectivity index is 1.30. The second kappa shape index (κ2) is 8.21. The molecule has 2 aromatic rings. The number of carbonyl (C=O) groups excluding carboxylic acids is 1. The van der Waals surface area contributed by atoms with Gasteiger partial charge in [-0.3, -0.25) is 4.90 Å². The average Bonchev–Trinajstić information content (AvgIpc) is 3.07. The van der Waals surface area contributed by atoms with Crippen LogP contribution in [0.2, 0.25) is 5.02 Å². The lowest BCUT2D eigenvalue weighted by Gasteiger charge is -2.27. The topological polar surface area (TPSA) is 44.4 Å². The van der Waals surface area contributed by atoms with Gasteiger partial charge in [-0.1, -0.05) is 29.8 Å². The van der Waals surface area contributed by atoms with Crippen molar-refractivity contribution in [3.63, 3.8) is 0 Å². The fourth-order valence-corrected chi connectivity index (χ4v) is 4.95. The van der Waals surface area contributed by atoms with Crippen LogP contribution in [-0.2, 0) is 5.41 Å². The number of thiophene rings is 1. The van der Waals surface area contributed by atoms with Crippen molar-refractivity contribution < 1.29 is 4.79 Å². The zero-order valence-electron chi connectivity index (χ0n) is 15.4. The first-order valence-corrected chi connectivity index (χ1v) is 11.0. The summed E-state index contributed by atoms with van der Waals surface area (Å²) in [6.45, 7) is 3.56. The summed E-state index contributed by atoms with van der Waals surface area (Å²) in [7, 11) is 0. The van der Waals surface area contributed by atoms with Gasteiger partial charge in [-0.2, -0.15) is 0 Å². The number of nitrogens with zero attached hydrogens (tertiary/aromatic N) is 1. The van der Waals surface area contributed by atoms with Crippen LogP contribution in [0.4, 0.5) is 4.79 Å². The number of halogens is 1. The Morgan fingerprint density at radius 1 is 1.15 bits per heavy atom. The molecule has 4 rings (SSSR count). The summed E-state index contributed by atoms with van der Waals surface area (Å²) in [5.74, 6) is 0. The Bertz CT molecular complexity index is 752. The molecule has 1 aromatic carbocycles. The van der Waals surface area contributed by atoms with Gasteiger partial charge in [0.1, 0.15) is 0 Å². The van der Waals surface area contributed by atoms with E-state index in [0.29, 0.717) is 13.1 Å². The number of nitrogens with one attached hydrogen (secondary N) is 2. The van der Waals surface area contributed by atoms with Crippen molar-refractivity contribution in [2.24, 2.45) is 0 Å². The predicted molar refractivity (Wildman–Crippen MR) is 112 cm³/mol. The van der Waals surface area contributed by atoms with E-state index in [-0.39, 0.29) is 17.5 Å². The third kappa shape index (κ3) is 4.48. The van der Waals surface area contributed by atoms with Gasteiger partial charge in [-0.05, 0) is 67.9 Å². The molecule has 27 heavy (non-hydrogen) atoms. The van der Waals surface area contributed by atoms with Crippen LogP contribution >= 0.6 is 22.9 Å². The highest BCUT2D eigenvalue weighted by Crippen LogP contribution is 2.47. The van der Waals surface area contributed by atoms with Crippen molar-refractivity contribution in [1.29, 1.82) is 0 Å². The van der Waals surface area contributed by atoms with Gasteiger partial charge < -0.3 is 10.6 Å². The fraction of sp³-hybridized carbons (Fsp3) is 0.476. The standard InChI is InChI=1S/C21H26ClN3OS/c22-17-7-5-16(6-8-17)21(9-10-21)15-24-20(26)23-14-18(19-4-3-13-27-19)25-11-1-2-12-25/h3-8,13,18H,1-2,9-12,14-15H2,(H2,23,24,26). The summed E-state index contributed by atoms with van der Waals surface area (Å²) >= 11 is 7.77. The summed E-state index contributed by atoms with van der Waals surface area (Å²) in [5.41, 5.74) is 1.35. The molecule has 1 saturated carbocycles. The van der Waals surface area contributed by atoms with Gasteiger partial charge in [0.2, 0.25) is 0 Å². The molecule has 144 valence electrons. The maximum atomic E-state index is 12.4. The number of amides is 2. The minimum atomic E-state index is -0.0732. The van der Waals surface area contributed by atoms with Gasteiger partial charge in [0.05, 0.1) is 6.04 Å². The molecule has 1 aliphatic heterocycles. The molecule has 0 bridgehead atoms. The number of hydrogen-bond donors (Lipinski definition) is 2. The first-order valence-electron chi connectivity index (χ1n) is 9.71. The monoisotopic (exact) mass is 403 g/mol. The van der Waals surface area contributed by atoms with Crippen molar-refractivity contribution in [3.05, 3.63) is 57.2 Å². The summed E-state index contributed by atoms with van der Waals surface area (Å²) in [6, 6.07) is 12.5. The molecule has 2 heterocycles. The van der Waals surface area contributed by atoms with Gasteiger partial charge in [0, 0.05) is 28.4 Å². The molecular weight excluding hydrogens is 378 g/mol. The minimum absolute atomic E-state index is 0.0732. The van der Waals surface area contributed by atoms with E-state index >= 15 is 0 Å². The van der Waals surface area contributed by atoms with Gasteiger partial charge in [-0.15, -0.1) is 11.3 Å². The van der Waals surface area contributed by atoms with E-state index < -0.39 is 0 Å². The quantitative estimate of drug-likeness (QED) is 0.711. The summed E-state index contributed by atoms with van der Waals surface area (Å²) < 4.78 is 0. The number of benzene rings is 1.